The Kier molecular flexibility index (Phi) is 5.20. The summed E-state index contributed by atoms with van der Waals surface area (Å²) in [4.78, 5) is 28.6. The first kappa shape index (κ1) is 18.3. The van der Waals surface area contributed by atoms with E-state index in [1.807, 2.05) is 34.6 Å². The largest absolute Gasteiger partial charge is 0.458 e. The van der Waals surface area contributed by atoms with Crippen LogP contribution >= 0.6 is 0 Å². The molecule has 0 bridgehead atoms. The molecule has 134 valence electrons. The molecule has 2 amide bonds. The number of carbonyl (C=O) groups excluding carboxylic acids is 2. The van der Waals surface area contributed by atoms with Crippen LogP contribution in [0.4, 0.5) is 4.79 Å². The molecule has 0 fully saturated rings. The van der Waals surface area contributed by atoms with Gasteiger partial charge < -0.3 is 14.5 Å². The van der Waals surface area contributed by atoms with Gasteiger partial charge in [-0.3, -0.25) is 5.10 Å². The van der Waals surface area contributed by atoms with Gasteiger partial charge in [0, 0.05) is 12.6 Å². The van der Waals surface area contributed by atoms with Crippen molar-refractivity contribution in [3.8, 4) is 0 Å². The summed E-state index contributed by atoms with van der Waals surface area (Å²) in [5.41, 5.74) is 1.40. The fourth-order valence-corrected chi connectivity index (χ4v) is 2.78. The fraction of sp³-hybridized carbons (Fsp3) is 0.706. The average molecular weight is 336 g/mol. The molecule has 1 aromatic rings. The van der Waals surface area contributed by atoms with E-state index in [4.69, 9.17) is 4.74 Å². The van der Waals surface area contributed by atoms with Crippen LogP contribution in [0.15, 0.2) is 6.20 Å². The number of likely N-dealkylation sites (N-methyl/N-ethyl adjacent to an activating group) is 1. The Morgan fingerprint density at radius 2 is 2.04 bits per heavy atom. The number of rotatable bonds is 4. The number of amides is 2. The number of hydrogen-bond donors (Lipinski definition) is 1. The van der Waals surface area contributed by atoms with Crippen LogP contribution in [0.25, 0.3) is 0 Å². The van der Waals surface area contributed by atoms with Crippen molar-refractivity contribution in [1.82, 2.24) is 20.0 Å². The van der Waals surface area contributed by atoms with Crippen molar-refractivity contribution >= 4 is 12.0 Å². The van der Waals surface area contributed by atoms with Gasteiger partial charge in [-0.2, -0.15) is 5.10 Å². The Morgan fingerprint density at radius 1 is 1.38 bits per heavy atom. The summed E-state index contributed by atoms with van der Waals surface area (Å²) in [6.07, 6.45) is 2.31. The lowest BCUT2D eigenvalue weighted by atomic mass is 10.0. The van der Waals surface area contributed by atoms with E-state index < -0.39 is 11.6 Å². The van der Waals surface area contributed by atoms with E-state index in [1.54, 1.807) is 18.1 Å². The third-order valence-electron chi connectivity index (χ3n) is 3.93. The van der Waals surface area contributed by atoms with Crippen LogP contribution in [0.2, 0.25) is 0 Å². The molecule has 0 radical (unpaired) electrons. The number of nitrogens with one attached hydrogen (secondary N) is 1. The summed E-state index contributed by atoms with van der Waals surface area (Å²) < 4.78 is 5.51. The maximum Gasteiger partial charge on any atom is 0.329 e. The number of H-pyrrole nitrogens is 1. The SMILES string of the molecule is CC(C)C[C@@H](C(=O)OC(C)(C)C)N(C)C(=O)N1Cc2cn[nH]c2C1. The van der Waals surface area contributed by atoms with Gasteiger partial charge >= 0.3 is 12.0 Å². The molecule has 1 atom stereocenters. The van der Waals surface area contributed by atoms with Gasteiger partial charge in [0.05, 0.1) is 25.0 Å². The third kappa shape index (κ3) is 4.27. The predicted molar refractivity (Wildman–Crippen MR) is 90.1 cm³/mol. The van der Waals surface area contributed by atoms with Gasteiger partial charge in [-0.25, -0.2) is 9.59 Å². The molecule has 24 heavy (non-hydrogen) atoms. The second kappa shape index (κ2) is 6.83. The molecule has 0 unspecified atom stereocenters. The molecule has 7 heteroatoms. The van der Waals surface area contributed by atoms with Crippen LogP contribution in [0.3, 0.4) is 0 Å². The number of hydrogen-bond acceptors (Lipinski definition) is 4. The van der Waals surface area contributed by atoms with Crippen LogP contribution in [0, 0.1) is 5.92 Å². The van der Waals surface area contributed by atoms with Crippen LogP contribution in [0.1, 0.15) is 52.3 Å². The van der Waals surface area contributed by atoms with E-state index in [0.717, 1.165) is 11.3 Å². The van der Waals surface area contributed by atoms with Gasteiger partial charge in [-0.1, -0.05) is 13.8 Å². The highest BCUT2D eigenvalue weighted by molar-refractivity contribution is 5.84. The normalized spacial score (nSPS) is 15.4. The maximum atomic E-state index is 12.8. The summed E-state index contributed by atoms with van der Waals surface area (Å²) in [6.45, 7) is 10.6. The third-order valence-corrected chi connectivity index (χ3v) is 3.93. The second-order valence-electron chi connectivity index (χ2n) is 7.80. The molecule has 0 aliphatic carbocycles. The number of esters is 1. The number of aromatic nitrogens is 2. The Bertz CT molecular complexity index is 583. The average Bonchev–Trinajstić information content (AvgIpc) is 3.01. The number of urea groups is 1. The molecule has 0 saturated carbocycles. The second-order valence-corrected chi connectivity index (χ2v) is 7.80. The zero-order valence-electron chi connectivity index (χ0n) is 15.4. The zero-order chi connectivity index (χ0) is 18.1. The maximum absolute atomic E-state index is 12.8. The van der Waals surface area contributed by atoms with Crippen molar-refractivity contribution in [3.05, 3.63) is 17.5 Å². The molecule has 2 heterocycles. The lowest BCUT2D eigenvalue weighted by molar-refractivity contribution is -0.160. The molecule has 1 aromatic heterocycles. The summed E-state index contributed by atoms with van der Waals surface area (Å²) in [7, 11) is 1.67. The molecule has 2 rings (SSSR count). The Labute approximate surface area is 143 Å². The standard InChI is InChI=1S/C17H28N4O3/c1-11(2)7-14(15(22)24-17(3,4)5)20(6)16(23)21-9-12-8-18-19-13(12)10-21/h8,11,14H,7,9-10H2,1-6H3,(H,18,19)/t14-/m0/s1. The van der Waals surface area contributed by atoms with Crippen molar-refractivity contribution in [2.75, 3.05) is 7.05 Å². The molecule has 0 spiro atoms. The van der Waals surface area contributed by atoms with Crippen LogP contribution in [-0.2, 0) is 22.6 Å². The topological polar surface area (TPSA) is 78.5 Å². The minimum Gasteiger partial charge on any atom is -0.458 e. The summed E-state index contributed by atoms with van der Waals surface area (Å²) in [6, 6.07) is -0.759. The summed E-state index contributed by atoms with van der Waals surface area (Å²) in [5, 5.41) is 6.88. The Balaban J connectivity index is 2.09. The van der Waals surface area contributed by atoms with Gasteiger partial charge in [0.2, 0.25) is 0 Å². The minimum atomic E-state index is -0.589. The first-order chi connectivity index (χ1) is 11.1. The fourth-order valence-electron chi connectivity index (χ4n) is 2.78. The number of fused-ring (bicyclic) bond motifs is 1. The Hall–Kier alpha value is -2.05. The van der Waals surface area contributed by atoms with E-state index in [2.05, 4.69) is 10.2 Å². The number of carbonyl (C=O) groups is 2. The number of aromatic amines is 1. The van der Waals surface area contributed by atoms with Gasteiger partial charge in [-0.05, 0) is 33.1 Å². The molecule has 7 nitrogen and oxygen atoms in total. The van der Waals surface area contributed by atoms with Crippen molar-refractivity contribution < 1.29 is 14.3 Å². The van der Waals surface area contributed by atoms with Crippen LogP contribution < -0.4 is 0 Å². The molecule has 1 aliphatic heterocycles. The monoisotopic (exact) mass is 336 g/mol. The quantitative estimate of drug-likeness (QED) is 0.857. The van der Waals surface area contributed by atoms with E-state index >= 15 is 0 Å². The van der Waals surface area contributed by atoms with E-state index in [0.29, 0.717) is 19.5 Å². The lowest BCUT2D eigenvalue weighted by Crippen LogP contribution is -2.49. The van der Waals surface area contributed by atoms with Crippen LogP contribution in [-0.4, -0.2) is 50.7 Å². The summed E-state index contributed by atoms with van der Waals surface area (Å²) >= 11 is 0. The molecule has 0 aromatic carbocycles. The van der Waals surface area contributed by atoms with Crippen LogP contribution in [0.5, 0.6) is 0 Å². The van der Waals surface area contributed by atoms with Gasteiger partial charge in [-0.15, -0.1) is 0 Å². The molecule has 1 N–H and O–H groups in total. The zero-order valence-corrected chi connectivity index (χ0v) is 15.4. The summed E-state index contributed by atoms with van der Waals surface area (Å²) in [5.74, 6) is -0.0836. The van der Waals surface area contributed by atoms with E-state index in [-0.39, 0.29) is 17.9 Å². The van der Waals surface area contributed by atoms with E-state index in [1.165, 1.54) is 4.90 Å². The first-order valence-electron chi connectivity index (χ1n) is 8.34. The van der Waals surface area contributed by atoms with Crippen molar-refractivity contribution in [2.24, 2.45) is 5.92 Å². The van der Waals surface area contributed by atoms with E-state index in [9.17, 15) is 9.59 Å². The highest BCUT2D eigenvalue weighted by Gasteiger charge is 2.35. The predicted octanol–water partition coefficient (Wildman–Crippen LogP) is 2.53. The van der Waals surface area contributed by atoms with Crippen molar-refractivity contribution in [3.63, 3.8) is 0 Å². The number of nitrogens with zero attached hydrogens (tertiary/aromatic N) is 3. The molecular formula is C17H28N4O3. The highest BCUT2D eigenvalue weighted by atomic mass is 16.6. The van der Waals surface area contributed by atoms with Gasteiger partial charge in [0.25, 0.3) is 0 Å². The first-order valence-corrected chi connectivity index (χ1v) is 8.34. The molecular weight excluding hydrogens is 308 g/mol. The number of ether oxygens (including phenoxy) is 1. The molecule has 0 saturated heterocycles. The Morgan fingerprint density at radius 3 is 2.58 bits per heavy atom. The molecule has 1 aliphatic rings. The van der Waals surface area contributed by atoms with Crippen molar-refractivity contribution in [1.29, 1.82) is 0 Å². The van der Waals surface area contributed by atoms with Crippen molar-refractivity contribution in [2.45, 2.75) is 65.8 Å². The highest BCUT2D eigenvalue weighted by Crippen LogP contribution is 2.23. The lowest BCUT2D eigenvalue weighted by Gasteiger charge is -2.33. The minimum absolute atomic E-state index is 0.170. The van der Waals surface area contributed by atoms with Gasteiger partial charge in [0.15, 0.2) is 0 Å². The van der Waals surface area contributed by atoms with Gasteiger partial charge in [0.1, 0.15) is 11.6 Å². The smallest absolute Gasteiger partial charge is 0.329 e.